The van der Waals surface area contributed by atoms with Gasteiger partial charge in [-0.05, 0) is 101 Å². The second-order valence-electron chi connectivity index (χ2n) is 17.1. The van der Waals surface area contributed by atoms with E-state index in [1.165, 1.54) is 60.7 Å². The maximum Gasteiger partial charge on any atom is 0.418 e. The van der Waals surface area contributed by atoms with E-state index in [1.807, 2.05) is 0 Å². The fourth-order valence-corrected chi connectivity index (χ4v) is 9.48. The molecule has 0 spiro atoms. The van der Waals surface area contributed by atoms with Gasteiger partial charge in [-0.1, -0.05) is 84.9 Å². The monoisotopic (exact) mass is 1040 g/mol. The third-order valence-electron chi connectivity index (χ3n) is 12.7. The number of alkyl halides is 18. The van der Waals surface area contributed by atoms with Crippen LogP contribution < -0.4 is 0 Å². The molecule has 0 atom stereocenters. The van der Waals surface area contributed by atoms with Crippen molar-refractivity contribution in [1.82, 2.24) is 9.13 Å². The fourth-order valence-electron chi connectivity index (χ4n) is 9.48. The molecule has 8 aromatic carbocycles. The van der Waals surface area contributed by atoms with Gasteiger partial charge in [0, 0.05) is 27.1 Å². The van der Waals surface area contributed by atoms with Crippen molar-refractivity contribution < 1.29 is 79.0 Å². The van der Waals surface area contributed by atoms with E-state index >= 15 is 13.2 Å². The van der Waals surface area contributed by atoms with Gasteiger partial charge in [0.2, 0.25) is 0 Å². The molecule has 74 heavy (non-hydrogen) atoms. The molecule has 0 saturated carbocycles. The summed E-state index contributed by atoms with van der Waals surface area (Å²) in [4.78, 5) is 0. The van der Waals surface area contributed by atoms with Gasteiger partial charge in [-0.2, -0.15) is 79.0 Å². The Labute approximate surface area is 403 Å². The molecular formula is C54H26F18N2. The van der Waals surface area contributed by atoms with Crippen molar-refractivity contribution >= 4 is 43.6 Å². The minimum Gasteiger partial charge on any atom is -0.309 e. The molecule has 0 unspecified atom stereocenters. The van der Waals surface area contributed by atoms with E-state index in [1.54, 1.807) is 0 Å². The fraction of sp³-hybridized carbons (Fsp3) is 0.111. The molecule has 2 heterocycles. The van der Waals surface area contributed by atoms with Gasteiger partial charge in [-0.25, -0.2) is 0 Å². The highest BCUT2D eigenvalue weighted by molar-refractivity contribution is 6.12. The summed E-state index contributed by atoms with van der Waals surface area (Å²) < 4.78 is 264. The molecule has 0 N–H and O–H groups in total. The first-order valence-corrected chi connectivity index (χ1v) is 21.6. The number of rotatable bonds is 5. The maximum atomic E-state index is 16.1. The third kappa shape index (κ3) is 8.62. The Kier molecular flexibility index (Phi) is 11.3. The Morgan fingerprint density at radius 1 is 0.243 bits per heavy atom. The maximum absolute atomic E-state index is 16.1. The van der Waals surface area contributed by atoms with Gasteiger partial charge < -0.3 is 9.13 Å². The van der Waals surface area contributed by atoms with Gasteiger partial charge in [0.25, 0.3) is 0 Å². The van der Waals surface area contributed by atoms with Crippen molar-refractivity contribution in [3.63, 3.8) is 0 Å². The molecule has 20 heteroatoms. The SMILES string of the molecule is FC(F)(F)c1cccc(-c2cc(-n3c4ccccc4c4ccc(-c5ccc(C(F)(F)F)cc5C(F)(F)F)cc43)c(C(F)(F)F)cc2-n2c3ccccc3c3ccc(-c4ccc(C(F)(F)F)cc4C(F)(F)F)cc32)c1. The highest BCUT2D eigenvalue weighted by atomic mass is 19.4. The van der Waals surface area contributed by atoms with Crippen molar-refractivity contribution in [3.8, 4) is 44.8 Å². The molecule has 0 aliphatic heterocycles. The lowest BCUT2D eigenvalue weighted by atomic mass is 9.95. The lowest BCUT2D eigenvalue weighted by molar-refractivity contribution is -0.144. The summed E-state index contributed by atoms with van der Waals surface area (Å²) >= 11 is 0. The van der Waals surface area contributed by atoms with Gasteiger partial charge in [-0.3, -0.25) is 0 Å². The predicted molar refractivity (Wildman–Crippen MR) is 241 cm³/mol. The van der Waals surface area contributed by atoms with E-state index in [-0.39, 0.29) is 78.0 Å². The van der Waals surface area contributed by atoms with Crippen LogP contribution >= 0.6 is 0 Å². The van der Waals surface area contributed by atoms with E-state index < -0.39 is 92.9 Å². The van der Waals surface area contributed by atoms with E-state index in [0.717, 1.165) is 51.6 Å². The number of hydrogen-bond donors (Lipinski definition) is 0. The van der Waals surface area contributed by atoms with Crippen LogP contribution in [0.25, 0.3) is 88.4 Å². The standard InChI is InChI=1S/C54H26F18N2/c55-49(56,57)30-7-5-6-27(20-30)39-25-48(74-44-11-4-2-9-36(44)38-17-13-29(22-46(38)74)34-19-15-32(51(61,62)63)24-41(34)53(67,68)69)42(54(70,71)72)26-47(39)73-43-10-3-1-8-35(43)37-16-12-28(21-45(37)73)33-18-14-31(50(58,59)60)23-40(33)52(64,65)66/h1-26H. The molecule has 10 rings (SSSR count). The molecule has 0 saturated heterocycles. The molecule has 0 amide bonds. The zero-order chi connectivity index (χ0) is 53.2. The Hall–Kier alpha value is -7.90. The molecule has 0 radical (unpaired) electrons. The van der Waals surface area contributed by atoms with E-state index in [4.69, 9.17) is 0 Å². The first-order valence-electron chi connectivity index (χ1n) is 21.6. The molecule has 2 nitrogen and oxygen atoms in total. The predicted octanol–water partition coefficient (Wildman–Crippen LogP) is 19.0. The second-order valence-corrected chi connectivity index (χ2v) is 17.1. The molecule has 10 aromatic rings. The van der Waals surface area contributed by atoms with Crippen LogP contribution in [0.2, 0.25) is 0 Å². The third-order valence-corrected chi connectivity index (χ3v) is 12.7. The summed E-state index contributed by atoms with van der Waals surface area (Å²) in [6.45, 7) is 0. The van der Waals surface area contributed by atoms with E-state index in [2.05, 4.69) is 0 Å². The van der Waals surface area contributed by atoms with Gasteiger partial charge in [0.15, 0.2) is 0 Å². The number of fused-ring (bicyclic) bond motifs is 6. The van der Waals surface area contributed by atoms with Crippen molar-refractivity contribution in [2.75, 3.05) is 0 Å². The zero-order valence-electron chi connectivity index (χ0n) is 36.7. The van der Waals surface area contributed by atoms with Crippen LogP contribution in [0.15, 0.2) is 158 Å². The number of halogens is 18. The Morgan fingerprint density at radius 3 is 1.07 bits per heavy atom. The minimum atomic E-state index is -5.39. The van der Waals surface area contributed by atoms with Crippen molar-refractivity contribution in [1.29, 1.82) is 0 Å². The van der Waals surface area contributed by atoms with E-state index in [9.17, 15) is 65.9 Å². The molecular weight excluding hydrogens is 1020 g/mol. The highest BCUT2D eigenvalue weighted by Gasteiger charge is 2.41. The summed E-state index contributed by atoms with van der Waals surface area (Å²) in [5, 5.41) is 0.834. The highest BCUT2D eigenvalue weighted by Crippen LogP contribution is 2.49. The molecule has 0 fully saturated rings. The average molecular weight is 1040 g/mol. The topological polar surface area (TPSA) is 9.86 Å². The van der Waals surface area contributed by atoms with Gasteiger partial charge in [0.05, 0.1) is 66.8 Å². The van der Waals surface area contributed by atoms with Crippen molar-refractivity contribution in [3.05, 3.63) is 191 Å². The average Bonchev–Trinajstić information content (AvgIpc) is 3.83. The Balaban J connectivity index is 1.32. The quantitative estimate of drug-likeness (QED) is 0.152. The van der Waals surface area contributed by atoms with Crippen LogP contribution in [-0.2, 0) is 37.1 Å². The number of aromatic nitrogens is 2. The normalized spacial score (nSPS) is 13.3. The summed E-state index contributed by atoms with van der Waals surface area (Å²) in [5.74, 6) is 0. The van der Waals surface area contributed by atoms with E-state index in [0.29, 0.717) is 42.5 Å². The second kappa shape index (κ2) is 16.8. The molecule has 2 aromatic heterocycles. The van der Waals surface area contributed by atoms with Crippen LogP contribution in [0, 0.1) is 0 Å². The smallest absolute Gasteiger partial charge is 0.309 e. The molecule has 0 aliphatic rings. The lowest BCUT2D eigenvalue weighted by Gasteiger charge is -2.23. The number of hydrogen-bond acceptors (Lipinski definition) is 0. The van der Waals surface area contributed by atoms with Gasteiger partial charge >= 0.3 is 37.1 Å². The summed E-state index contributed by atoms with van der Waals surface area (Å²) in [5.41, 5.74) is -14.0. The first-order chi connectivity index (χ1) is 34.5. The van der Waals surface area contributed by atoms with Crippen LogP contribution in [0.5, 0.6) is 0 Å². The van der Waals surface area contributed by atoms with Crippen LogP contribution in [-0.4, -0.2) is 9.13 Å². The zero-order valence-corrected chi connectivity index (χ0v) is 36.7. The Bertz CT molecular complexity index is 3880. The molecule has 378 valence electrons. The molecule has 0 aliphatic carbocycles. The number of benzene rings is 8. The summed E-state index contributed by atoms with van der Waals surface area (Å²) in [6.07, 6.45) is -31.5. The minimum absolute atomic E-state index is 0.00475. The van der Waals surface area contributed by atoms with Crippen LogP contribution in [0.4, 0.5) is 79.0 Å². The number of nitrogens with zero attached hydrogens (tertiary/aromatic N) is 2. The van der Waals surface area contributed by atoms with Gasteiger partial charge in [-0.15, -0.1) is 0 Å². The number of para-hydroxylation sites is 2. The van der Waals surface area contributed by atoms with Crippen molar-refractivity contribution in [2.24, 2.45) is 0 Å². The largest absolute Gasteiger partial charge is 0.418 e. The van der Waals surface area contributed by atoms with Crippen LogP contribution in [0.1, 0.15) is 33.4 Å². The van der Waals surface area contributed by atoms with Crippen LogP contribution in [0.3, 0.4) is 0 Å². The molecule has 0 bridgehead atoms. The Morgan fingerprint density at radius 2 is 0.635 bits per heavy atom. The first kappa shape index (κ1) is 49.7. The van der Waals surface area contributed by atoms with Gasteiger partial charge in [0.1, 0.15) is 0 Å². The summed E-state index contributed by atoms with van der Waals surface area (Å²) in [6, 6.07) is 25.3. The lowest BCUT2D eigenvalue weighted by Crippen LogP contribution is -2.14. The van der Waals surface area contributed by atoms with Crippen molar-refractivity contribution in [2.45, 2.75) is 37.1 Å². The summed E-state index contributed by atoms with van der Waals surface area (Å²) in [7, 11) is 0.